The summed E-state index contributed by atoms with van der Waals surface area (Å²) in [5.41, 5.74) is 13.0. The molecule has 0 bridgehead atoms. The summed E-state index contributed by atoms with van der Waals surface area (Å²) in [7, 11) is 1.59. The van der Waals surface area contributed by atoms with Crippen molar-refractivity contribution in [3.63, 3.8) is 0 Å². The topological polar surface area (TPSA) is 161 Å². The van der Waals surface area contributed by atoms with E-state index in [1.807, 2.05) is 6.92 Å². The molecule has 3 aromatic rings. The number of hydrazine groups is 1. The number of methoxy groups -OCH3 is 1. The number of aromatic nitrogens is 1. The fourth-order valence-corrected chi connectivity index (χ4v) is 3.51. The molecule has 2 amide bonds. The number of nitrogens with zero attached hydrogens (tertiary/aromatic N) is 1. The number of benzene rings is 2. The van der Waals surface area contributed by atoms with Crippen LogP contribution in [-0.4, -0.2) is 49.6 Å². The molecule has 0 fully saturated rings. The number of hydrogen-bond acceptors (Lipinski definition) is 8. The van der Waals surface area contributed by atoms with E-state index in [9.17, 15) is 9.59 Å². The van der Waals surface area contributed by atoms with Crippen molar-refractivity contribution in [2.45, 2.75) is 19.9 Å². The zero-order valence-corrected chi connectivity index (χ0v) is 21.5. The number of carbonyl (C=O) groups is 2. The second-order valence-electron chi connectivity index (χ2n) is 8.16. The lowest BCUT2D eigenvalue weighted by Gasteiger charge is -2.22. The Morgan fingerprint density at radius 1 is 1.03 bits per heavy atom. The SMILES string of the molecule is CCOc1cc(C(Nc2ccc(C(=N)N)cc2)C(=O)NNC(=O)c2ncccc2C)ccc1OCCOC. The van der Waals surface area contributed by atoms with Gasteiger partial charge in [-0.1, -0.05) is 12.1 Å². The lowest BCUT2D eigenvalue weighted by atomic mass is 10.0. The van der Waals surface area contributed by atoms with Crippen LogP contribution in [0.5, 0.6) is 11.5 Å². The van der Waals surface area contributed by atoms with E-state index in [1.54, 1.807) is 68.6 Å². The second kappa shape index (κ2) is 13.6. The molecule has 1 heterocycles. The van der Waals surface area contributed by atoms with Gasteiger partial charge in [-0.05, 0) is 67.4 Å². The molecular weight excluding hydrogens is 488 g/mol. The van der Waals surface area contributed by atoms with Crippen molar-refractivity contribution < 1.29 is 23.8 Å². The van der Waals surface area contributed by atoms with Crippen molar-refractivity contribution in [1.29, 1.82) is 5.41 Å². The molecule has 200 valence electrons. The third-order valence-corrected chi connectivity index (χ3v) is 5.44. The molecule has 0 aliphatic rings. The average Bonchev–Trinajstić information content (AvgIpc) is 2.92. The van der Waals surface area contributed by atoms with E-state index in [2.05, 4.69) is 21.2 Å². The molecule has 0 spiro atoms. The van der Waals surface area contributed by atoms with Crippen LogP contribution in [0.3, 0.4) is 0 Å². The Bertz CT molecular complexity index is 1270. The normalized spacial score (nSPS) is 11.2. The van der Waals surface area contributed by atoms with E-state index in [4.69, 9.17) is 25.4 Å². The van der Waals surface area contributed by atoms with Crippen LogP contribution in [0, 0.1) is 12.3 Å². The molecule has 6 N–H and O–H groups in total. The largest absolute Gasteiger partial charge is 0.490 e. The third-order valence-electron chi connectivity index (χ3n) is 5.44. The van der Waals surface area contributed by atoms with Crippen molar-refractivity contribution in [3.8, 4) is 11.5 Å². The molecule has 0 saturated heterocycles. The molecule has 0 aliphatic heterocycles. The first-order valence-corrected chi connectivity index (χ1v) is 11.9. The van der Waals surface area contributed by atoms with E-state index >= 15 is 0 Å². The van der Waals surface area contributed by atoms with Gasteiger partial charge in [-0.2, -0.15) is 0 Å². The fourth-order valence-electron chi connectivity index (χ4n) is 3.51. The quantitative estimate of drug-likeness (QED) is 0.105. The first-order chi connectivity index (χ1) is 18.3. The highest BCUT2D eigenvalue weighted by molar-refractivity contribution is 5.96. The van der Waals surface area contributed by atoms with Crippen LogP contribution in [0.25, 0.3) is 0 Å². The summed E-state index contributed by atoms with van der Waals surface area (Å²) >= 11 is 0. The van der Waals surface area contributed by atoms with Gasteiger partial charge in [-0.15, -0.1) is 0 Å². The van der Waals surface area contributed by atoms with Crippen LogP contribution >= 0.6 is 0 Å². The minimum atomic E-state index is -0.935. The van der Waals surface area contributed by atoms with Crippen LogP contribution in [0.4, 0.5) is 5.69 Å². The van der Waals surface area contributed by atoms with Crippen LogP contribution in [0.2, 0.25) is 0 Å². The molecule has 1 aromatic heterocycles. The van der Waals surface area contributed by atoms with Crippen LogP contribution in [-0.2, 0) is 9.53 Å². The van der Waals surface area contributed by atoms with E-state index in [0.717, 1.165) is 0 Å². The Hall–Kier alpha value is -4.64. The Labute approximate surface area is 221 Å². The Kier molecular flexibility index (Phi) is 10.0. The highest BCUT2D eigenvalue weighted by Gasteiger charge is 2.24. The molecule has 1 atom stereocenters. The van der Waals surface area contributed by atoms with Gasteiger partial charge in [-0.3, -0.25) is 30.8 Å². The minimum absolute atomic E-state index is 0.0659. The summed E-state index contributed by atoms with van der Waals surface area (Å²) in [4.78, 5) is 30.0. The second-order valence-corrected chi connectivity index (χ2v) is 8.16. The number of nitrogens with one attached hydrogen (secondary N) is 4. The van der Waals surface area contributed by atoms with E-state index in [0.29, 0.717) is 53.7 Å². The maximum absolute atomic E-state index is 13.4. The van der Waals surface area contributed by atoms with Gasteiger partial charge >= 0.3 is 0 Å². The molecule has 11 heteroatoms. The Morgan fingerprint density at radius 3 is 2.45 bits per heavy atom. The number of carbonyl (C=O) groups excluding carboxylic acids is 2. The van der Waals surface area contributed by atoms with Crippen molar-refractivity contribution in [3.05, 3.63) is 83.2 Å². The molecule has 1 unspecified atom stereocenters. The van der Waals surface area contributed by atoms with E-state index in [-0.39, 0.29) is 11.5 Å². The van der Waals surface area contributed by atoms with Gasteiger partial charge in [0, 0.05) is 24.6 Å². The summed E-state index contributed by atoms with van der Waals surface area (Å²) < 4.78 is 16.6. The van der Waals surface area contributed by atoms with Crippen molar-refractivity contribution in [2.75, 3.05) is 32.2 Å². The fraction of sp³-hybridized carbons (Fsp3) is 0.259. The first-order valence-electron chi connectivity index (χ1n) is 11.9. The summed E-state index contributed by atoms with van der Waals surface area (Å²) in [6.07, 6.45) is 1.50. The van der Waals surface area contributed by atoms with Gasteiger partial charge in [0.2, 0.25) is 0 Å². The number of rotatable bonds is 12. The lowest BCUT2D eigenvalue weighted by Crippen LogP contribution is -2.45. The highest BCUT2D eigenvalue weighted by Crippen LogP contribution is 2.32. The standard InChI is InChI=1S/C27H32N6O5/c1-4-37-22-16-19(9-12-21(22)38-15-14-36-3)24(31-20-10-7-18(8-11-20)25(28)29)27(35)33-32-26(34)23-17(2)6-5-13-30-23/h5-13,16,24,31H,4,14-15H2,1-3H3,(H3,28,29)(H,32,34)(H,33,35). The molecule has 0 radical (unpaired) electrons. The summed E-state index contributed by atoms with van der Waals surface area (Å²) in [6, 6.07) is 14.5. The number of nitrogens with two attached hydrogens (primary N) is 1. The monoisotopic (exact) mass is 520 g/mol. The third kappa shape index (κ3) is 7.43. The van der Waals surface area contributed by atoms with Crippen LogP contribution in [0.1, 0.15) is 40.1 Å². The van der Waals surface area contributed by atoms with Crippen molar-refractivity contribution >= 4 is 23.3 Å². The summed E-state index contributed by atoms with van der Waals surface area (Å²) in [5.74, 6) is -0.169. The van der Waals surface area contributed by atoms with Gasteiger partial charge in [0.25, 0.3) is 11.8 Å². The summed E-state index contributed by atoms with van der Waals surface area (Å²) in [5, 5.41) is 10.8. The zero-order valence-electron chi connectivity index (χ0n) is 21.5. The van der Waals surface area contributed by atoms with E-state index in [1.165, 1.54) is 6.20 Å². The number of aryl methyl sites for hydroxylation is 1. The van der Waals surface area contributed by atoms with Crippen molar-refractivity contribution in [2.24, 2.45) is 5.73 Å². The van der Waals surface area contributed by atoms with E-state index < -0.39 is 17.9 Å². The Balaban J connectivity index is 1.87. The van der Waals surface area contributed by atoms with Gasteiger partial charge < -0.3 is 25.3 Å². The molecule has 2 aromatic carbocycles. The zero-order chi connectivity index (χ0) is 27.5. The smallest absolute Gasteiger partial charge is 0.288 e. The van der Waals surface area contributed by atoms with Crippen LogP contribution < -0.4 is 31.4 Å². The first kappa shape index (κ1) is 27.9. The molecule has 38 heavy (non-hydrogen) atoms. The molecule has 3 rings (SSSR count). The van der Waals surface area contributed by atoms with Gasteiger partial charge in [-0.25, -0.2) is 0 Å². The minimum Gasteiger partial charge on any atom is -0.490 e. The van der Waals surface area contributed by atoms with Gasteiger partial charge in [0.05, 0.1) is 13.2 Å². The predicted molar refractivity (Wildman–Crippen MR) is 143 cm³/mol. The molecule has 11 nitrogen and oxygen atoms in total. The predicted octanol–water partition coefficient (Wildman–Crippen LogP) is 2.71. The number of pyridine rings is 1. The highest BCUT2D eigenvalue weighted by atomic mass is 16.5. The number of anilines is 1. The number of ether oxygens (including phenoxy) is 3. The maximum Gasteiger partial charge on any atom is 0.288 e. The molecule has 0 saturated carbocycles. The lowest BCUT2D eigenvalue weighted by molar-refractivity contribution is -0.122. The van der Waals surface area contributed by atoms with Crippen LogP contribution in [0.15, 0.2) is 60.8 Å². The molecule has 0 aliphatic carbocycles. The molecular formula is C27H32N6O5. The Morgan fingerprint density at radius 2 is 1.79 bits per heavy atom. The van der Waals surface area contributed by atoms with Gasteiger partial charge in [0.15, 0.2) is 11.5 Å². The summed E-state index contributed by atoms with van der Waals surface area (Å²) in [6.45, 7) is 4.73. The number of amides is 2. The number of amidine groups is 1. The maximum atomic E-state index is 13.4. The number of nitrogen functional groups attached to an aromatic ring is 1. The van der Waals surface area contributed by atoms with Crippen molar-refractivity contribution in [1.82, 2.24) is 15.8 Å². The van der Waals surface area contributed by atoms with Gasteiger partial charge in [0.1, 0.15) is 24.2 Å². The number of hydrogen-bond donors (Lipinski definition) is 5. The average molecular weight is 521 g/mol.